The van der Waals surface area contributed by atoms with Crippen LogP contribution in [0.15, 0.2) is 29.5 Å². The van der Waals surface area contributed by atoms with Gasteiger partial charge in [-0.3, -0.25) is 0 Å². The summed E-state index contributed by atoms with van der Waals surface area (Å²) in [7, 11) is 2.00. The summed E-state index contributed by atoms with van der Waals surface area (Å²) in [5.41, 5.74) is -1.03. The van der Waals surface area contributed by atoms with Crippen molar-refractivity contribution in [3.63, 3.8) is 0 Å². The Morgan fingerprint density at radius 3 is 2.03 bits per heavy atom. The maximum atomic E-state index is 12.7. The molecule has 8 nitrogen and oxygen atoms in total. The van der Waals surface area contributed by atoms with Crippen molar-refractivity contribution in [2.75, 3.05) is 32.5 Å². The van der Waals surface area contributed by atoms with Gasteiger partial charge < -0.3 is 28.6 Å². The third-order valence-corrected chi connectivity index (χ3v) is 3.52. The van der Waals surface area contributed by atoms with E-state index in [0.717, 1.165) is 25.2 Å². The number of methoxy groups -OCH3 is 2. The molecule has 0 radical (unpaired) electrons. The van der Waals surface area contributed by atoms with E-state index in [2.05, 4.69) is 18.9 Å². The lowest BCUT2D eigenvalue weighted by Crippen LogP contribution is -2.38. The monoisotopic (exact) mass is 445 g/mol. The Labute approximate surface area is 164 Å². The fourth-order valence-corrected chi connectivity index (χ4v) is 2.43. The highest BCUT2D eigenvalue weighted by atomic mass is 19.4. The minimum absolute atomic E-state index is 0.287. The van der Waals surface area contributed by atoms with E-state index in [9.17, 15) is 35.9 Å². The molecule has 0 N–H and O–H groups in total. The second-order valence-corrected chi connectivity index (χ2v) is 5.44. The van der Waals surface area contributed by atoms with E-state index < -0.39 is 48.6 Å². The maximum absolute atomic E-state index is 12.7. The van der Waals surface area contributed by atoms with Gasteiger partial charge in [0.25, 0.3) is 0 Å². The van der Waals surface area contributed by atoms with Gasteiger partial charge in [-0.1, -0.05) is 0 Å². The minimum atomic E-state index is -5.35. The van der Waals surface area contributed by atoms with Crippen LogP contribution in [0, 0.1) is 0 Å². The maximum Gasteiger partial charge on any atom is 0.573 e. The first-order chi connectivity index (χ1) is 13.9. The molecule has 166 valence electrons. The van der Waals surface area contributed by atoms with Gasteiger partial charge in [0.15, 0.2) is 11.5 Å². The number of carbonyl (C=O) groups is 2. The highest BCUT2D eigenvalue weighted by Gasteiger charge is 2.38. The second kappa shape index (κ2) is 8.69. The van der Waals surface area contributed by atoms with Gasteiger partial charge in [0.2, 0.25) is 0 Å². The summed E-state index contributed by atoms with van der Waals surface area (Å²) < 4.78 is 96.9. The summed E-state index contributed by atoms with van der Waals surface area (Å²) in [6.45, 7) is -0.829. The molecule has 0 spiro atoms. The van der Waals surface area contributed by atoms with Gasteiger partial charge in [-0.2, -0.15) is 0 Å². The first-order valence-electron chi connectivity index (χ1n) is 7.77. The number of rotatable bonds is 5. The molecule has 0 aliphatic carbocycles. The van der Waals surface area contributed by atoms with Crippen molar-refractivity contribution in [1.82, 2.24) is 0 Å². The van der Waals surface area contributed by atoms with E-state index in [1.165, 1.54) is 0 Å². The van der Waals surface area contributed by atoms with Gasteiger partial charge >= 0.3 is 24.7 Å². The van der Waals surface area contributed by atoms with E-state index >= 15 is 0 Å². The van der Waals surface area contributed by atoms with E-state index in [0.29, 0.717) is 12.1 Å². The van der Waals surface area contributed by atoms with Crippen LogP contribution in [0.25, 0.3) is 0 Å². The average molecular weight is 445 g/mol. The number of alkyl halides is 6. The van der Waals surface area contributed by atoms with E-state index in [1.807, 2.05) is 0 Å². The molecule has 1 aromatic carbocycles. The Balaban J connectivity index is 2.59. The van der Waals surface area contributed by atoms with Crippen molar-refractivity contribution in [3.8, 4) is 11.5 Å². The number of halogens is 6. The van der Waals surface area contributed by atoms with Crippen LogP contribution in [0.3, 0.4) is 0 Å². The Morgan fingerprint density at radius 1 is 0.933 bits per heavy atom. The topological polar surface area (TPSA) is 83.5 Å². The Morgan fingerprint density at radius 2 is 1.50 bits per heavy atom. The normalized spacial score (nSPS) is 15.0. The summed E-state index contributed by atoms with van der Waals surface area (Å²) >= 11 is 0. The summed E-state index contributed by atoms with van der Waals surface area (Å²) in [5, 5.41) is 0. The molecule has 1 heterocycles. The highest BCUT2D eigenvalue weighted by molar-refractivity contribution is 6.03. The lowest BCUT2D eigenvalue weighted by molar-refractivity contribution is -0.287. The first kappa shape index (κ1) is 23.1. The largest absolute Gasteiger partial charge is 0.573 e. The Bertz CT molecular complexity index is 849. The number of benzene rings is 1. The average Bonchev–Trinajstić information content (AvgIpc) is 2.65. The number of hydrogen-bond donors (Lipinski definition) is 0. The number of carbonyl (C=O) groups excluding carboxylic acids is 2. The van der Waals surface area contributed by atoms with Gasteiger partial charge in [0, 0.05) is 11.8 Å². The molecule has 1 aliphatic rings. The lowest BCUT2D eigenvalue weighted by Gasteiger charge is -2.31. The molecule has 14 heteroatoms. The van der Waals surface area contributed by atoms with E-state index in [1.54, 1.807) is 0 Å². The van der Waals surface area contributed by atoms with Crippen molar-refractivity contribution >= 4 is 17.6 Å². The number of nitrogens with zero attached hydrogens (tertiary/aromatic N) is 1. The van der Waals surface area contributed by atoms with Crippen LogP contribution >= 0.6 is 0 Å². The van der Waals surface area contributed by atoms with Gasteiger partial charge in [-0.25, -0.2) is 9.59 Å². The van der Waals surface area contributed by atoms with Crippen LogP contribution in [0.5, 0.6) is 11.5 Å². The molecule has 0 saturated carbocycles. The van der Waals surface area contributed by atoms with Crippen molar-refractivity contribution in [2.45, 2.75) is 12.7 Å². The molecule has 0 unspecified atom stereocenters. The zero-order valence-corrected chi connectivity index (χ0v) is 15.2. The van der Waals surface area contributed by atoms with E-state index in [4.69, 9.17) is 4.74 Å². The smallest absolute Gasteiger partial charge is 0.466 e. The van der Waals surface area contributed by atoms with Crippen molar-refractivity contribution in [3.05, 3.63) is 29.5 Å². The predicted octanol–water partition coefficient (Wildman–Crippen LogP) is 2.88. The molecule has 0 bridgehead atoms. The molecule has 0 amide bonds. The van der Waals surface area contributed by atoms with Gasteiger partial charge in [0.05, 0.1) is 26.4 Å². The summed E-state index contributed by atoms with van der Waals surface area (Å²) in [6, 6.07) is 1.98. The van der Waals surface area contributed by atoms with Gasteiger partial charge in [0.1, 0.15) is 12.4 Å². The van der Waals surface area contributed by atoms with Crippen molar-refractivity contribution < 1.29 is 59.6 Å². The number of anilines is 1. The second-order valence-electron chi connectivity index (χ2n) is 5.44. The fraction of sp³-hybridized carbons (Fsp3) is 0.375. The summed E-state index contributed by atoms with van der Waals surface area (Å²) in [4.78, 5) is 25.0. The molecule has 0 fully saturated rings. The van der Waals surface area contributed by atoms with Crippen LogP contribution in [0.2, 0.25) is 0 Å². The van der Waals surface area contributed by atoms with Crippen LogP contribution in [0.4, 0.5) is 32.0 Å². The van der Waals surface area contributed by atoms with Crippen LogP contribution in [-0.2, 0) is 23.8 Å². The van der Waals surface area contributed by atoms with E-state index in [-0.39, 0.29) is 17.9 Å². The third kappa shape index (κ3) is 5.68. The molecule has 0 saturated heterocycles. The molecule has 0 aromatic heterocycles. The van der Waals surface area contributed by atoms with Gasteiger partial charge in [-0.05, 0) is 12.1 Å². The van der Waals surface area contributed by atoms with Crippen molar-refractivity contribution in [2.24, 2.45) is 0 Å². The molecule has 1 aromatic rings. The summed E-state index contributed by atoms with van der Waals surface area (Å²) in [5.74, 6) is -4.67. The third-order valence-electron chi connectivity index (χ3n) is 3.52. The number of esters is 2. The summed E-state index contributed by atoms with van der Waals surface area (Å²) in [6.07, 6.45) is -10.6. The van der Waals surface area contributed by atoms with Crippen molar-refractivity contribution in [1.29, 1.82) is 0 Å². The lowest BCUT2D eigenvalue weighted by atomic mass is 10.1. The molecule has 30 heavy (non-hydrogen) atoms. The zero-order valence-electron chi connectivity index (χ0n) is 15.2. The van der Waals surface area contributed by atoms with Crippen LogP contribution in [-0.4, -0.2) is 52.2 Å². The zero-order chi connectivity index (χ0) is 22.7. The van der Waals surface area contributed by atoms with Crippen LogP contribution < -0.4 is 14.4 Å². The Hall–Kier alpha value is -3.16. The molecular formula is C16H13F6NO7. The van der Waals surface area contributed by atoms with Crippen LogP contribution in [0.1, 0.15) is 0 Å². The molecule has 0 atom stereocenters. The standard InChI is InChI=1S/C16H13F6NO7/c1-26-13(24)9-6-28-7-23(12(9)14(25)27-2)8-3-4-10(29-15(17,18)19)11(5-8)30-16(20,21)22/h3-5H,6-7H2,1-2H3. The fourth-order valence-electron chi connectivity index (χ4n) is 2.43. The number of hydrogen-bond acceptors (Lipinski definition) is 8. The highest BCUT2D eigenvalue weighted by Crippen LogP contribution is 2.39. The minimum Gasteiger partial charge on any atom is -0.466 e. The van der Waals surface area contributed by atoms with Gasteiger partial charge in [-0.15, -0.1) is 26.3 Å². The Kier molecular flexibility index (Phi) is 6.70. The molecule has 2 rings (SSSR count). The molecular weight excluding hydrogens is 432 g/mol. The quantitative estimate of drug-likeness (QED) is 0.506. The predicted molar refractivity (Wildman–Crippen MR) is 84.2 cm³/mol. The SMILES string of the molecule is COC(=O)C1=C(C(=O)OC)N(c2ccc(OC(F)(F)F)c(OC(F)(F)F)c2)COC1. The first-order valence-corrected chi connectivity index (χ1v) is 7.77. The number of ether oxygens (including phenoxy) is 5. The molecule has 1 aliphatic heterocycles.